The van der Waals surface area contributed by atoms with E-state index in [1.807, 2.05) is 24.3 Å². The molecule has 0 aromatic heterocycles. The molecule has 5 heteroatoms. The van der Waals surface area contributed by atoms with Gasteiger partial charge in [-0.15, -0.1) is 0 Å². The van der Waals surface area contributed by atoms with Gasteiger partial charge in [0.15, 0.2) is 9.84 Å². The van der Waals surface area contributed by atoms with Crippen molar-refractivity contribution in [3.63, 3.8) is 0 Å². The molecule has 112 valence electrons. The van der Waals surface area contributed by atoms with Crippen LogP contribution in [0.25, 0.3) is 0 Å². The van der Waals surface area contributed by atoms with E-state index in [1.54, 1.807) is 38.5 Å². The molecule has 0 aliphatic rings. The van der Waals surface area contributed by atoms with Crippen molar-refractivity contribution in [1.82, 2.24) is 0 Å². The summed E-state index contributed by atoms with van der Waals surface area (Å²) >= 11 is 0. The Morgan fingerprint density at radius 3 is 1.76 bits per heavy atom. The third-order valence-electron chi connectivity index (χ3n) is 3.24. The van der Waals surface area contributed by atoms with E-state index >= 15 is 0 Å². The molecule has 0 bridgehead atoms. The summed E-state index contributed by atoms with van der Waals surface area (Å²) < 4.78 is 34.6. The lowest BCUT2D eigenvalue weighted by molar-refractivity contribution is 0.414. The zero-order chi connectivity index (χ0) is 15.3. The van der Waals surface area contributed by atoms with E-state index in [9.17, 15) is 8.42 Å². The minimum atomic E-state index is -3.29. The number of benzene rings is 2. The Balaban J connectivity index is 2.05. The fourth-order valence-electron chi connectivity index (χ4n) is 1.95. The summed E-state index contributed by atoms with van der Waals surface area (Å²) in [5.74, 6) is 1.48. The molecule has 0 spiro atoms. The van der Waals surface area contributed by atoms with Crippen LogP contribution in [0.5, 0.6) is 11.5 Å². The first-order valence-electron chi connectivity index (χ1n) is 6.55. The highest BCUT2D eigenvalue weighted by Gasteiger charge is 2.14. The number of aryl methyl sites for hydroxylation is 1. The van der Waals surface area contributed by atoms with Gasteiger partial charge in [0, 0.05) is 0 Å². The van der Waals surface area contributed by atoms with E-state index in [0.29, 0.717) is 17.1 Å². The molecule has 2 aromatic carbocycles. The molecule has 0 aliphatic heterocycles. The number of ether oxygens (including phenoxy) is 2. The van der Waals surface area contributed by atoms with E-state index in [1.165, 1.54) is 0 Å². The lowest BCUT2D eigenvalue weighted by atomic mass is 10.2. The molecule has 0 unspecified atom stereocenters. The van der Waals surface area contributed by atoms with Gasteiger partial charge < -0.3 is 9.47 Å². The Bertz CT molecular complexity index is 673. The average Bonchev–Trinajstić information content (AvgIpc) is 2.53. The van der Waals surface area contributed by atoms with Gasteiger partial charge in [0.2, 0.25) is 0 Å². The van der Waals surface area contributed by atoms with Gasteiger partial charge in [-0.1, -0.05) is 12.1 Å². The second kappa shape index (κ2) is 6.63. The van der Waals surface area contributed by atoms with Gasteiger partial charge in [0.05, 0.1) is 24.9 Å². The normalized spacial score (nSPS) is 11.1. The number of rotatable bonds is 6. The Morgan fingerprint density at radius 2 is 1.29 bits per heavy atom. The van der Waals surface area contributed by atoms with Crippen molar-refractivity contribution in [2.24, 2.45) is 0 Å². The topological polar surface area (TPSA) is 52.6 Å². The van der Waals surface area contributed by atoms with Gasteiger partial charge in [-0.2, -0.15) is 0 Å². The highest BCUT2D eigenvalue weighted by atomic mass is 32.2. The van der Waals surface area contributed by atoms with Crippen molar-refractivity contribution in [3.8, 4) is 11.5 Å². The molecule has 0 fully saturated rings. The second-order valence-electron chi connectivity index (χ2n) is 4.59. The SMILES string of the molecule is COc1ccc(CCS(=O)(=O)c2ccc(OC)cc2)cc1. The van der Waals surface area contributed by atoms with E-state index < -0.39 is 9.84 Å². The number of hydrogen-bond acceptors (Lipinski definition) is 4. The smallest absolute Gasteiger partial charge is 0.178 e. The first-order chi connectivity index (χ1) is 10.0. The van der Waals surface area contributed by atoms with Gasteiger partial charge in [-0.05, 0) is 48.4 Å². The van der Waals surface area contributed by atoms with Gasteiger partial charge >= 0.3 is 0 Å². The van der Waals surface area contributed by atoms with Crippen LogP contribution >= 0.6 is 0 Å². The molecule has 2 aromatic rings. The van der Waals surface area contributed by atoms with Crippen molar-refractivity contribution in [3.05, 3.63) is 54.1 Å². The summed E-state index contributed by atoms with van der Waals surface area (Å²) in [4.78, 5) is 0.316. The fourth-order valence-corrected chi connectivity index (χ4v) is 3.24. The van der Waals surface area contributed by atoms with Crippen molar-refractivity contribution in [2.45, 2.75) is 11.3 Å². The van der Waals surface area contributed by atoms with Gasteiger partial charge in [-0.25, -0.2) is 8.42 Å². The van der Waals surface area contributed by atoms with Crippen LogP contribution < -0.4 is 9.47 Å². The summed E-state index contributed by atoms with van der Waals surface area (Å²) in [5.41, 5.74) is 0.966. The van der Waals surface area contributed by atoms with Gasteiger partial charge in [-0.3, -0.25) is 0 Å². The molecular weight excluding hydrogens is 288 g/mol. The Kier molecular flexibility index (Phi) is 4.85. The zero-order valence-electron chi connectivity index (χ0n) is 12.1. The number of hydrogen-bond donors (Lipinski definition) is 0. The predicted octanol–water partition coefficient (Wildman–Crippen LogP) is 2.72. The van der Waals surface area contributed by atoms with E-state index in [0.717, 1.165) is 11.3 Å². The van der Waals surface area contributed by atoms with Gasteiger partial charge in [0.1, 0.15) is 11.5 Å². The fraction of sp³-hybridized carbons (Fsp3) is 0.250. The van der Waals surface area contributed by atoms with Crippen LogP contribution in [0.3, 0.4) is 0 Å². The quantitative estimate of drug-likeness (QED) is 0.823. The third kappa shape index (κ3) is 3.98. The highest BCUT2D eigenvalue weighted by Crippen LogP contribution is 2.18. The van der Waals surface area contributed by atoms with Crippen LogP contribution in [0.15, 0.2) is 53.4 Å². The number of sulfone groups is 1. The maximum absolute atomic E-state index is 12.3. The minimum Gasteiger partial charge on any atom is -0.497 e. The summed E-state index contributed by atoms with van der Waals surface area (Å²) in [5, 5.41) is 0. The molecule has 0 saturated carbocycles. The summed E-state index contributed by atoms with van der Waals surface area (Å²) in [6.45, 7) is 0. The summed E-state index contributed by atoms with van der Waals surface area (Å²) in [6, 6.07) is 13.9. The lowest BCUT2D eigenvalue weighted by Gasteiger charge is -2.06. The van der Waals surface area contributed by atoms with Crippen LogP contribution in [0, 0.1) is 0 Å². The second-order valence-corrected chi connectivity index (χ2v) is 6.70. The summed E-state index contributed by atoms with van der Waals surface area (Å²) in [6.07, 6.45) is 0.471. The van der Waals surface area contributed by atoms with Crippen molar-refractivity contribution in [2.75, 3.05) is 20.0 Å². The van der Waals surface area contributed by atoms with Crippen molar-refractivity contribution < 1.29 is 17.9 Å². The molecular formula is C16H18O4S. The Labute approximate surface area is 125 Å². The van der Waals surface area contributed by atoms with E-state index in [-0.39, 0.29) is 5.75 Å². The molecule has 0 aliphatic carbocycles. The van der Waals surface area contributed by atoms with E-state index in [2.05, 4.69) is 0 Å². The van der Waals surface area contributed by atoms with Crippen LogP contribution in [0.4, 0.5) is 0 Å². The molecule has 2 rings (SSSR count). The van der Waals surface area contributed by atoms with Crippen LogP contribution in [0.2, 0.25) is 0 Å². The number of methoxy groups -OCH3 is 2. The predicted molar refractivity (Wildman–Crippen MR) is 81.7 cm³/mol. The van der Waals surface area contributed by atoms with Crippen LogP contribution in [0.1, 0.15) is 5.56 Å². The van der Waals surface area contributed by atoms with Crippen molar-refractivity contribution in [1.29, 1.82) is 0 Å². The molecule has 0 heterocycles. The molecule has 0 amide bonds. The maximum atomic E-state index is 12.3. The average molecular weight is 306 g/mol. The van der Waals surface area contributed by atoms with Crippen LogP contribution in [-0.2, 0) is 16.3 Å². The molecule has 0 N–H and O–H groups in total. The van der Waals surface area contributed by atoms with Crippen molar-refractivity contribution >= 4 is 9.84 Å². The van der Waals surface area contributed by atoms with E-state index in [4.69, 9.17) is 9.47 Å². The summed E-state index contributed by atoms with van der Waals surface area (Å²) in [7, 11) is -0.137. The lowest BCUT2D eigenvalue weighted by Crippen LogP contribution is -2.09. The molecule has 0 radical (unpaired) electrons. The maximum Gasteiger partial charge on any atom is 0.178 e. The first kappa shape index (κ1) is 15.4. The molecule has 21 heavy (non-hydrogen) atoms. The van der Waals surface area contributed by atoms with Gasteiger partial charge in [0.25, 0.3) is 0 Å². The standard InChI is InChI=1S/C16H18O4S/c1-19-14-5-3-13(4-6-14)11-12-21(17,18)16-9-7-15(20-2)8-10-16/h3-10H,11-12H2,1-2H3. The largest absolute Gasteiger partial charge is 0.497 e. The molecule has 0 saturated heterocycles. The third-order valence-corrected chi connectivity index (χ3v) is 4.97. The monoisotopic (exact) mass is 306 g/mol. The molecule has 0 atom stereocenters. The molecule has 4 nitrogen and oxygen atoms in total. The Hall–Kier alpha value is -2.01. The highest BCUT2D eigenvalue weighted by molar-refractivity contribution is 7.91. The first-order valence-corrected chi connectivity index (χ1v) is 8.20. The van der Waals surface area contributed by atoms with Crippen LogP contribution in [-0.4, -0.2) is 28.4 Å². The Morgan fingerprint density at radius 1 is 0.810 bits per heavy atom. The zero-order valence-corrected chi connectivity index (χ0v) is 12.9. The minimum absolute atomic E-state index is 0.0751.